The third kappa shape index (κ3) is 2.67. The minimum absolute atomic E-state index is 0.425. The summed E-state index contributed by atoms with van der Waals surface area (Å²) >= 11 is 0. The van der Waals surface area contributed by atoms with E-state index in [0.29, 0.717) is 17.6 Å². The molecule has 2 saturated carbocycles. The van der Waals surface area contributed by atoms with Crippen molar-refractivity contribution >= 4 is 5.78 Å². The van der Waals surface area contributed by atoms with Gasteiger partial charge in [-0.2, -0.15) is 0 Å². The quantitative estimate of drug-likeness (QED) is 0.699. The third-order valence-electron chi connectivity index (χ3n) is 4.86. The molecule has 0 aromatic carbocycles. The normalized spacial score (nSPS) is 39.9. The van der Waals surface area contributed by atoms with Gasteiger partial charge in [0.05, 0.1) is 0 Å². The first-order valence-electron chi connectivity index (χ1n) is 7.24. The molecular formula is C15H26O. The second kappa shape index (κ2) is 5.33. The maximum atomic E-state index is 12.4. The van der Waals surface area contributed by atoms with Gasteiger partial charge in [-0.1, -0.05) is 33.1 Å². The Morgan fingerprint density at radius 2 is 1.81 bits per heavy atom. The van der Waals surface area contributed by atoms with E-state index in [1.807, 2.05) is 0 Å². The number of rotatable bonds is 3. The van der Waals surface area contributed by atoms with Gasteiger partial charge in [-0.15, -0.1) is 0 Å². The summed E-state index contributed by atoms with van der Waals surface area (Å²) in [5.41, 5.74) is 0. The van der Waals surface area contributed by atoms with E-state index in [1.165, 1.54) is 51.4 Å². The average molecular weight is 222 g/mol. The molecule has 0 amide bonds. The van der Waals surface area contributed by atoms with Crippen molar-refractivity contribution in [3.05, 3.63) is 0 Å². The first kappa shape index (κ1) is 12.1. The van der Waals surface area contributed by atoms with E-state index in [-0.39, 0.29) is 0 Å². The van der Waals surface area contributed by atoms with E-state index in [0.717, 1.165) is 11.8 Å². The van der Waals surface area contributed by atoms with Crippen LogP contribution in [-0.2, 0) is 4.79 Å². The number of hydrogen-bond donors (Lipinski definition) is 0. The molecule has 0 aromatic rings. The lowest BCUT2D eigenvalue weighted by atomic mass is 9.75. The van der Waals surface area contributed by atoms with Gasteiger partial charge in [0.15, 0.2) is 0 Å². The summed E-state index contributed by atoms with van der Waals surface area (Å²) in [6, 6.07) is 0. The van der Waals surface area contributed by atoms with Crippen molar-refractivity contribution in [2.45, 2.75) is 65.2 Å². The van der Waals surface area contributed by atoms with Crippen molar-refractivity contribution in [3.63, 3.8) is 0 Å². The smallest absolute Gasteiger partial charge is 0.139 e. The largest absolute Gasteiger partial charge is 0.299 e. The Morgan fingerprint density at radius 3 is 2.44 bits per heavy atom. The lowest BCUT2D eigenvalue weighted by Crippen LogP contribution is -2.27. The summed E-state index contributed by atoms with van der Waals surface area (Å²) in [6.45, 7) is 4.57. The Kier molecular flexibility index (Phi) is 4.05. The van der Waals surface area contributed by atoms with Crippen LogP contribution >= 0.6 is 0 Å². The van der Waals surface area contributed by atoms with Crippen LogP contribution in [0, 0.1) is 23.7 Å². The fraction of sp³-hybridized carbons (Fsp3) is 0.933. The molecular weight excluding hydrogens is 196 g/mol. The van der Waals surface area contributed by atoms with Crippen molar-refractivity contribution in [2.24, 2.45) is 23.7 Å². The summed E-state index contributed by atoms with van der Waals surface area (Å²) in [5, 5.41) is 0. The monoisotopic (exact) mass is 222 g/mol. The van der Waals surface area contributed by atoms with Crippen LogP contribution in [0.3, 0.4) is 0 Å². The van der Waals surface area contributed by atoms with Crippen LogP contribution in [0.2, 0.25) is 0 Å². The number of carbonyl (C=O) groups is 1. The second-order valence-corrected chi connectivity index (χ2v) is 6.16. The molecule has 1 heteroatoms. The van der Waals surface area contributed by atoms with Crippen LogP contribution in [0.4, 0.5) is 0 Å². The highest BCUT2D eigenvalue weighted by molar-refractivity contribution is 5.83. The molecule has 0 spiro atoms. The van der Waals surface area contributed by atoms with Crippen LogP contribution in [0.25, 0.3) is 0 Å². The van der Waals surface area contributed by atoms with Crippen LogP contribution in [0.5, 0.6) is 0 Å². The van der Waals surface area contributed by atoms with E-state index in [4.69, 9.17) is 0 Å². The maximum Gasteiger partial charge on any atom is 0.139 e. The number of hydrogen-bond acceptors (Lipinski definition) is 1. The highest BCUT2D eigenvalue weighted by Gasteiger charge is 2.34. The van der Waals surface area contributed by atoms with Gasteiger partial charge in [-0.3, -0.25) is 4.79 Å². The summed E-state index contributed by atoms with van der Waals surface area (Å²) in [5.74, 6) is 3.10. The summed E-state index contributed by atoms with van der Waals surface area (Å²) in [7, 11) is 0. The topological polar surface area (TPSA) is 17.1 Å². The molecule has 2 aliphatic rings. The number of carbonyl (C=O) groups excluding carboxylic acids is 1. The fourth-order valence-electron chi connectivity index (χ4n) is 3.72. The van der Waals surface area contributed by atoms with E-state index in [2.05, 4.69) is 13.8 Å². The van der Waals surface area contributed by atoms with Gasteiger partial charge in [0.25, 0.3) is 0 Å². The van der Waals surface area contributed by atoms with E-state index >= 15 is 0 Å². The average Bonchev–Trinajstić information content (AvgIpc) is 2.75. The molecule has 4 atom stereocenters. The van der Waals surface area contributed by atoms with Crippen LogP contribution in [-0.4, -0.2) is 5.78 Å². The van der Waals surface area contributed by atoms with Crippen molar-refractivity contribution in [1.82, 2.24) is 0 Å². The predicted molar refractivity (Wildman–Crippen MR) is 67.3 cm³/mol. The zero-order chi connectivity index (χ0) is 11.5. The van der Waals surface area contributed by atoms with Gasteiger partial charge in [0, 0.05) is 11.8 Å². The van der Waals surface area contributed by atoms with Crippen molar-refractivity contribution < 1.29 is 4.79 Å². The standard InChI is InChI=1S/C15H26O/c1-3-12-5-4-6-13(10-12)15(16)14-8-7-11(2)9-14/h11-14H,3-10H2,1-2H3. The molecule has 0 aromatic heterocycles. The Morgan fingerprint density at radius 1 is 1.06 bits per heavy atom. The molecule has 2 rings (SSSR count). The van der Waals surface area contributed by atoms with E-state index < -0.39 is 0 Å². The van der Waals surface area contributed by atoms with Crippen LogP contribution in [0.15, 0.2) is 0 Å². The minimum atomic E-state index is 0.425. The summed E-state index contributed by atoms with van der Waals surface area (Å²) in [4.78, 5) is 12.4. The van der Waals surface area contributed by atoms with Gasteiger partial charge in [-0.05, 0) is 43.9 Å². The fourth-order valence-corrected chi connectivity index (χ4v) is 3.72. The Hall–Kier alpha value is -0.330. The molecule has 16 heavy (non-hydrogen) atoms. The first-order valence-corrected chi connectivity index (χ1v) is 7.24. The van der Waals surface area contributed by atoms with E-state index in [1.54, 1.807) is 0 Å². The van der Waals surface area contributed by atoms with Crippen LogP contribution < -0.4 is 0 Å². The Labute approximate surface area is 100.0 Å². The van der Waals surface area contributed by atoms with Gasteiger partial charge in [0.1, 0.15) is 5.78 Å². The first-order chi connectivity index (χ1) is 7.70. The van der Waals surface area contributed by atoms with Gasteiger partial charge in [0.2, 0.25) is 0 Å². The summed E-state index contributed by atoms with van der Waals surface area (Å²) in [6.07, 6.45) is 9.92. The lowest BCUT2D eigenvalue weighted by molar-refractivity contribution is -0.128. The molecule has 0 aliphatic heterocycles. The van der Waals surface area contributed by atoms with Crippen molar-refractivity contribution in [2.75, 3.05) is 0 Å². The zero-order valence-corrected chi connectivity index (χ0v) is 10.9. The highest BCUT2D eigenvalue weighted by Crippen LogP contribution is 2.38. The van der Waals surface area contributed by atoms with Crippen molar-refractivity contribution in [1.29, 1.82) is 0 Å². The Balaban J connectivity index is 1.89. The molecule has 1 nitrogen and oxygen atoms in total. The van der Waals surface area contributed by atoms with Gasteiger partial charge < -0.3 is 0 Å². The zero-order valence-electron chi connectivity index (χ0n) is 10.9. The molecule has 4 unspecified atom stereocenters. The SMILES string of the molecule is CCC1CCCC(C(=O)C2CCC(C)C2)C1. The maximum absolute atomic E-state index is 12.4. The molecule has 0 heterocycles. The molecule has 92 valence electrons. The minimum Gasteiger partial charge on any atom is -0.299 e. The molecule has 0 N–H and O–H groups in total. The van der Waals surface area contributed by atoms with Crippen molar-refractivity contribution in [3.8, 4) is 0 Å². The van der Waals surface area contributed by atoms with Gasteiger partial charge >= 0.3 is 0 Å². The lowest BCUT2D eigenvalue weighted by Gasteiger charge is -2.29. The van der Waals surface area contributed by atoms with Gasteiger partial charge in [-0.25, -0.2) is 0 Å². The highest BCUT2D eigenvalue weighted by atomic mass is 16.1. The molecule has 0 bridgehead atoms. The third-order valence-corrected chi connectivity index (χ3v) is 4.86. The van der Waals surface area contributed by atoms with Crippen LogP contribution in [0.1, 0.15) is 65.2 Å². The number of Topliss-reactive ketones (excluding diaryl/α,β-unsaturated/α-hetero) is 1. The molecule has 2 aliphatic carbocycles. The molecule has 0 radical (unpaired) electrons. The Bertz CT molecular complexity index is 246. The predicted octanol–water partition coefficient (Wildman–Crippen LogP) is 4.21. The van der Waals surface area contributed by atoms with E-state index in [9.17, 15) is 4.79 Å². The second-order valence-electron chi connectivity index (χ2n) is 6.16. The molecule has 0 saturated heterocycles. The molecule has 2 fully saturated rings. The number of ketones is 1. The summed E-state index contributed by atoms with van der Waals surface area (Å²) < 4.78 is 0.